The van der Waals surface area contributed by atoms with Gasteiger partial charge >= 0.3 is 0 Å². The van der Waals surface area contributed by atoms with Crippen LogP contribution in [0.25, 0.3) is 5.69 Å². The molecule has 31 heavy (non-hydrogen) atoms. The number of aromatic nitrogens is 2. The van der Waals surface area contributed by atoms with Gasteiger partial charge in [-0.15, -0.1) is 0 Å². The quantitative estimate of drug-likeness (QED) is 0.623. The van der Waals surface area contributed by atoms with Crippen LogP contribution in [0.2, 0.25) is 5.02 Å². The number of hydrogen-bond acceptors (Lipinski definition) is 4. The van der Waals surface area contributed by atoms with E-state index in [9.17, 15) is 4.79 Å². The lowest BCUT2D eigenvalue weighted by Gasteiger charge is -2.30. The second kappa shape index (κ2) is 8.11. The molecular formula is C24H25ClN4O2. The van der Waals surface area contributed by atoms with Crippen LogP contribution in [0.5, 0.6) is 0 Å². The smallest absolute Gasteiger partial charge is 0.277 e. The van der Waals surface area contributed by atoms with Gasteiger partial charge < -0.3 is 14.5 Å². The molecular weight excluding hydrogens is 412 g/mol. The summed E-state index contributed by atoms with van der Waals surface area (Å²) in [5.41, 5.74) is 6.74. The minimum absolute atomic E-state index is 0.0415. The first-order chi connectivity index (χ1) is 15.0. The van der Waals surface area contributed by atoms with Crippen LogP contribution in [0.3, 0.4) is 0 Å². The minimum atomic E-state index is -0.0415. The first-order valence-corrected chi connectivity index (χ1v) is 10.9. The van der Waals surface area contributed by atoms with E-state index in [1.807, 2.05) is 29.2 Å². The van der Waals surface area contributed by atoms with E-state index in [-0.39, 0.29) is 5.91 Å². The minimum Gasteiger partial charge on any atom is -0.378 e. The van der Waals surface area contributed by atoms with Gasteiger partial charge in [0.15, 0.2) is 0 Å². The zero-order valence-electron chi connectivity index (χ0n) is 17.8. The maximum absolute atomic E-state index is 13.7. The summed E-state index contributed by atoms with van der Waals surface area (Å²) in [6.07, 6.45) is 1.78. The van der Waals surface area contributed by atoms with E-state index in [1.54, 1.807) is 11.8 Å². The van der Waals surface area contributed by atoms with E-state index >= 15 is 0 Å². The lowest BCUT2D eigenvalue weighted by molar-refractivity contribution is 0.0973. The SMILES string of the molecule is COCc1nn(-c2cccc(Cl)c2)c2c1CCN(c1ccc3c(c1)CN(C)CC3)C2=O. The van der Waals surface area contributed by atoms with Crippen molar-refractivity contribution < 1.29 is 9.53 Å². The fraction of sp³-hybridized carbons (Fsp3) is 0.333. The molecule has 2 aliphatic rings. The Bertz CT molecular complexity index is 1160. The van der Waals surface area contributed by atoms with Crippen LogP contribution in [0.4, 0.5) is 5.69 Å². The molecule has 7 heteroatoms. The van der Waals surface area contributed by atoms with Gasteiger partial charge in [-0.25, -0.2) is 4.68 Å². The van der Waals surface area contributed by atoms with Crippen molar-refractivity contribution in [2.45, 2.75) is 26.0 Å². The second-order valence-electron chi connectivity index (χ2n) is 8.25. The van der Waals surface area contributed by atoms with Crippen LogP contribution in [0.1, 0.15) is 32.9 Å². The molecule has 0 saturated carbocycles. The fourth-order valence-electron chi connectivity index (χ4n) is 4.58. The largest absolute Gasteiger partial charge is 0.378 e. The molecule has 0 radical (unpaired) electrons. The third-order valence-corrected chi connectivity index (χ3v) is 6.37. The number of benzene rings is 2. The van der Waals surface area contributed by atoms with E-state index < -0.39 is 0 Å². The lowest BCUT2D eigenvalue weighted by Crippen LogP contribution is -2.39. The molecule has 3 aromatic rings. The average Bonchev–Trinajstić information content (AvgIpc) is 3.13. The molecule has 6 nitrogen and oxygen atoms in total. The number of likely N-dealkylation sites (N-methyl/N-ethyl adjacent to an activating group) is 1. The Balaban J connectivity index is 1.57. The molecule has 0 spiro atoms. The number of rotatable bonds is 4. The molecule has 0 atom stereocenters. The topological polar surface area (TPSA) is 50.6 Å². The molecule has 1 amide bonds. The third kappa shape index (κ3) is 3.65. The number of carbonyl (C=O) groups excluding carboxylic acids is 1. The lowest BCUT2D eigenvalue weighted by atomic mass is 9.97. The van der Waals surface area contributed by atoms with Gasteiger partial charge in [0.1, 0.15) is 5.69 Å². The summed E-state index contributed by atoms with van der Waals surface area (Å²) in [5, 5.41) is 5.34. The van der Waals surface area contributed by atoms with Crippen LogP contribution in [-0.4, -0.2) is 47.8 Å². The van der Waals surface area contributed by atoms with Crippen LogP contribution in [-0.2, 0) is 30.7 Å². The predicted molar refractivity (Wildman–Crippen MR) is 121 cm³/mol. The Morgan fingerprint density at radius 1 is 1.06 bits per heavy atom. The van der Waals surface area contributed by atoms with Crippen molar-refractivity contribution in [1.82, 2.24) is 14.7 Å². The first kappa shape index (κ1) is 20.2. The Kier molecular flexibility index (Phi) is 5.30. The molecule has 0 fully saturated rings. The third-order valence-electron chi connectivity index (χ3n) is 6.14. The number of hydrogen-bond donors (Lipinski definition) is 0. The van der Waals surface area contributed by atoms with E-state index in [0.29, 0.717) is 23.9 Å². The molecule has 2 aromatic carbocycles. The summed E-state index contributed by atoms with van der Waals surface area (Å²) in [7, 11) is 3.78. The second-order valence-corrected chi connectivity index (χ2v) is 8.68. The highest BCUT2D eigenvalue weighted by Gasteiger charge is 2.33. The van der Waals surface area contributed by atoms with Crippen LogP contribution >= 0.6 is 11.6 Å². The molecule has 5 rings (SSSR count). The van der Waals surface area contributed by atoms with E-state index in [1.165, 1.54) is 11.1 Å². The monoisotopic (exact) mass is 436 g/mol. The summed E-state index contributed by atoms with van der Waals surface area (Å²) >= 11 is 6.22. The Hall–Kier alpha value is -2.67. The average molecular weight is 437 g/mol. The zero-order chi connectivity index (χ0) is 21.5. The molecule has 0 N–H and O–H groups in total. The van der Waals surface area contributed by atoms with Gasteiger partial charge in [-0.1, -0.05) is 23.7 Å². The van der Waals surface area contributed by atoms with E-state index in [0.717, 1.165) is 48.6 Å². The highest BCUT2D eigenvalue weighted by Crippen LogP contribution is 2.31. The number of methoxy groups -OCH3 is 1. The normalized spacial score (nSPS) is 16.4. The molecule has 1 aromatic heterocycles. The van der Waals surface area contributed by atoms with Gasteiger partial charge in [0.05, 0.1) is 18.0 Å². The summed E-state index contributed by atoms with van der Waals surface area (Å²) < 4.78 is 7.07. The summed E-state index contributed by atoms with van der Waals surface area (Å²) in [6.45, 7) is 2.97. The summed E-state index contributed by atoms with van der Waals surface area (Å²) in [6, 6.07) is 13.8. The number of ether oxygens (including phenoxy) is 1. The first-order valence-electron chi connectivity index (χ1n) is 10.5. The van der Waals surface area contributed by atoms with Crippen LogP contribution < -0.4 is 4.90 Å². The number of halogens is 1. The Morgan fingerprint density at radius 3 is 2.74 bits per heavy atom. The van der Waals surface area contributed by atoms with Crippen molar-refractivity contribution >= 4 is 23.2 Å². The molecule has 0 saturated heterocycles. The molecule has 160 valence electrons. The van der Waals surface area contributed by atoms with Gasteiger partial charge in [0, 0.05) is 43.0 Å². The van der Waals surface area contributed by atoms with Crippen LogP contribution in [0.15, 0.2) is 42.5 Å². The zero-order valence-corrected chi connectivity index (χ0v) is 18.5. The number of amides is 1. The maximum atomic E-state index is 13.7. The highest BCUT2D eigenvalue weighted by molar-refractivity contribution is 6.30. The van der Waals surface area contributed by atoms with Crippen molar-refractivity contribution in [1.29, 1.82) is 0 Å². The predicted octanol–water partition coefficient (Wildman–Crippen LogP) is 3.86. The van der Waals surface area contributed by atoms with Crippen molar-refractivity contribution in [3.8, 4) is 5.69 Å². The number of nitrogens with zero attached hydrogens (tertiary/aromatic N) is 4. The Labute approximate surface area is 187 Å². The van der Waals surface area contributed by atoms with Crippen molar-refractivity contribution in [2.24, 2.45) is 0 Å². The highest BCUT2D eigenvalue weighted by atomic mass is 35.5. The standard InChI is InChI=1S/C24H25ClN4O2/c1-27-10-8-16-6-7-19(12-17(16)14-27)28-11-9-21-22(15-31-2)26-29(23(21)24(28)30)20-5-3-4-18(25)13-20/h3-7,12-13H,8-11,14-15H2,1-2H3. The van der Waals surface area contributed by atoms with Gasteiger partial charge in [0.2, 0.25) is 0 Å². The van der Waals surface area contributed by atoms with Crippen molar-refractivity contribution in [3.63, 3.8) is 0 Å². The molecule has 2 aliphatic heterocycles. The van der Waals surface area contributed by atoms with Gasteiger partial charge in [-0.2, -0.15) is 5.10 Å². The van der Waals surface area contributed by atoms with Gasteiger partial charge in [-0.3, -0.25) is 4.79 Å². The molecule has 0 aliphatic carbocycles. The van der Waals surface area contributed by atoms with Crippen molar-refractivity contribution in [3.05, 3.63) is 75.6 Å². The number of fused-ring (bicyclic) bond motifs is 2. The van der Waals surface area contributed by atoms with Gasteiger partial charge in [-0.05, 0) is 61.3 Å². The van der Waals surface area contributed by atoms with Gasteiger partial charge in [0.25, 0.3) is 5.91 Å². The summed E-state index contributed by atoms with van der Waals surface area (Å²) in [4.78, 5) is 17.9. The fourth-order valence-corrected chi connectivity index (χ4v) is 4.76. The number of anilines is 1. The van der Waals surface area contributed by atoms with E-state index in [2.05, 4.69) is 30.1 Å². The maximum Gasteiger partial charge on any atom is 0.277 e. The molecule has 0 unspecified atom stereocenters. The molecule has 0 bridgehead atoms. The summed E-state index contributed by atoms with van der Waals surface area (Å²) in [5.74, 6) is -0.0415. The van der Waals surface area contributed by atoms with E-state index in [4.69, 9.17) is 21.4 Å². The number of carbonyl (C=O) groups is 1. The Morgan fingerprint density at radius 2 is 1.94 bits per heavy atom. The molecule has 3 heterocycles. The van der Waals surface area contributed by atoms with Crippen LogP contribution in [0, 0.1) is 0 Å². The van der Waals surface area contributed by atoms with Crippen molar-refractivity contribution in [2.75, 3.05) is 32.1 Å².